The van der Waals surface area contributed by atoms with E-state index in [4.69, 9.17) is 11.6 Å². The molecule has 0 atom stereocenters. The minimum atomic E-state index is -4.70. The summed E-state index contributed by atoms with van der Waals surface area (Å²) in [6, 6.07) is -0.340. The fourth-order valence-corrected chi connectivity index (χ4v) is 4.40. The van der Waals surface area contributed by atoms with Crippen LogP contribution in [0.5, 0.6) is 0 Å². The first kappa shape index (κ1) is 21.2. The lowest BCUT2D eigenvalue weighted by atomic mass is 9.87. The number of carbonyl (C=O) groups is 2. The first-order chi connectivity index (χ1) is 14.9. The molecule has 7 nitrogen and oxygen atoms in total. The second-order valence-electron chi connectivity index (χ2n) is 8.39. The predicted octanol–water partition coefficient (Wildman–Crippen LogP) is 4.06. The highest BCUT2D eigenvalue weighted by Gasteiger charge is 2.50. The maximum absolute atomic E-state index is 13.6. The van der Waals surface area contributed by atoms with Gasteiger partial charge in [0.2, 0.25) is 0 Å². The van der Waals surface area contributed by atoms with Crippen LogP contribution >= 0.6 is 11.6 Å². The number of nitrogens with one attached hydrogen (secondary N) is 1. The number of fused-ring (bicyclic) bond motifs is 1. The molecule has 1 saturated heterocycles. The van der Waals surface area contributed by atoms with E-state index in [0.29, 0.717) is 5.56 Å². The molecule has 13 heteroatoms. The number of amides is 3. The number of rotatable bonds is 3. The number of hydrogen-bond acceptors (Lipinski definition) is 3. The van der Waals surface area contributed by atoms with E-state index in [1.807, 2.05) is 0 Å². The monoisotopic (exact) mass is 477 g/mol. The van der Waals surface area contributed by atoms with Gasteiger partial charge < -0.3 is 4.90 Å². The van der Waals surface area contributed by atoms with Gasteiger partial charge in [-0.3, -0.25) is 9.20 Å². The van der Waals surface area contributed by atoms with Gasteiger partial charge in [0.1, 0.15) is 5.15 Å². The van der Waals surface area contributed by atoms with E-state index in [1.165, 1.54) is 11.1 Å². The Hall–Kier alpha value is -2.63. The van der Waals surface area contributed by atoms with Crippen molar-refractivity contribution < 1.29 is 31.5 Å². The van der Waals surface area contributed by atoms with Crippen LogP contribution in [0.3, 0.4) is 0 Å². The van der Waals surface area contributed by atoms with Gasteiger partial charge >= 0.3 is 12.2 Å². The lowest BCUT2D eigenvalue weighted by molar-refractivity contribution is -0.136. The van der Waals surface area contributed by atoms with E-state index < -0.39 is 59.8 Å². The standard InChI is InChI=1S/C19H17ClF5N5O2/c20-14-13(16(31)30-4-3-28(17(32)27-30)11-6-18(21,22)7-11)26-15-12(19(23,24)25)5-10(8-29(14)15)9-1-2-9/h5,8-9,11H,1-4,6-7H2,(H,27,32). The Bertz CT molecular complexity index is 1120. The van der Waals surface area contributed by atoms with Gasteiger partial charge in [-0.05, 0) is 30.4 Å². The molecule has 5 rings (SSSR count). The molecular formula is C19H17ClF5N5O2. The summed E-state index contributed by atoms with van der Waals surface area (Å²) < 4.78 is 68.2. The van der Waals surface area contributed by atoms with E-state index in [-0.39, 0.29) is 24.2 Å². The summed E-state index contributed by atoms with van der Waals surface area (Å²) in [5.41, 5.74) is 0.817. The number of nitrogens with zero attached hydrogens (tertiary/aromatic N) is 4. The maximum atomic E-state index is 13.6. The summed E-state index contributed by atoms with van der Waals surface area (Å²) in [5.74, 6) is -3.69. The number of aromatic nitrogens is 2. The molecule has 3 aliphatic rings. The topological polar surface area (TPSA) is 70.0 Å². The van der Waals surface area contributed by atoms with E-state index in [2.05, 4.69) is 10.4 Å². The van der Waals surface area contributed by atoms with E-state index in [1.54, 1.807) is 0 Å². The van der Waals surface area contributed by atoms with Gasteiger partial charge in [-0.1, -0.05) is 11.6 Å². The van der Waals surface area contributed by atoms with Crippen molar-refractivity contribution in [2.45, 2.75) is 49.7 Å². The summed E-state index contributed by atoms with van der Waals surface area (Å²) in [6.07, 6.45) is -2.62. The highest BCUT2D eigenvalue weighted by Crippen LogP contribution is 2.44. The summed E-state index contributed by atoms with van der Waals surface area (Å²) in [4.78, 5) is 30.3. The highest BCUT2D eigenvalue weighted by atomic mass is 35.5. The molecule has 0 unspecified atom stereocenters. The zero-order valence-electron chi connectivity index (χ0n) is 16.4. The average Bonchev–Trinajstić information content (AvgIpc) is 3.48. The van der Waals surface area contributed by atoms with Crippen molar-refractivity contribution in [1.29, 1.82) is 0 Å². The zero-order valence-corrected chi connectivity index (χ0v) is 17.2. The molecule has 2 aromatic heterocycles. The third-order valence-corrected chi connectivity index (χ3v) is 6.41. The zero-order chi connectivity index (χ0) is 23.0. The predicted molar refractivity (Wildman–Crippen MR) is 101 cm³/mol. The van der Waals surface area contributed by atoms with E-state index >= 15 is 0 Å². The van der Waals surface area contributed by atoms with Crippen LogP contribution < -0.4 is 5.43 Å². The van der Waals surface area contributed by atoms with Gasteiger partial charge in [0, 0.05) is 31.6 Å². The summed E-state index contributed by atoms with van der Waals surface area (Å²) in [5, 5.41) is 0.589. The number of halogens is 6. The van der Waals surface area contributed by atoms with Crippen LogP contribution in [0, 0.1) is 0 Å². The Morgan fingerprint density at radius 2 is 1.91 bits per heavy atom. The number of hydrazine groups is 1. The number of pyridine rings is 1. The fourth-order valence-electron chi connectivity index (χ4n) is 4.15. The number of alkyl halides is 5. The molecule has 1 N–H and O–H groups in total. The molecule has 2 aromatic rings. The lowest BCUT2D eigenvalue weighted by Crippen LogP contribution is -2.64. The molecule has 172 valence electrons. The smallest absolute Gasteiger partial charge is 0.318 e. The van der Waals surface area contributed by atoms with Crippen molar-refractivity contribution in [3.05, 3.63) is 34.2 Å². The molecule has 0 aromatic carbocycles. The van der Waals surface area contributed by atoms with Crippen LogP contribution in [0.2, 0.25) is 5.15 Å². The first-order valence-electron chi connectivity index (χ1n) is 10.0. The Morgan fingerprint density at radius 1 is 1.22 bits per heavy atom. The molecular weight excluding hydrogens is 461 g/mol. The van der Waals surface area contributed by atoms with Crippen LogP contribution in [0.4, 0.5) is 26.7 Å². The Balaban J connectivity index is 1.42. The fraction of sp³-hybridized carbons (Fsp3) is 0.526. The summed E-state index contributed by atoms with van der Waals surface area (Å²) in [7, 11) is 0. The molecule has 0 spiro atoms. The van der Waals surface area contributed by atoms with Crippen LogP contribution in [-0.4, -0.2) is 56.3 Å². The Labute approximate surface area is 183 Å². The van der Waals surface area contributed by atoms with E-state index in [0.717, 1.165) is 28.3 Å². The van der Waals surface area contributed by atoms with Gasteiger partial charge in [-0.2, -0.15) is 13.2 Å². The molecule has 1 aliphatic heterocycles. The number of urea groups is 1. The summed E-state index contributed by atoms with van der Waals surface area (Å²) in [6.45, 7) is -0.0563. The third kappa shape index (κ3) is 3.54. The van der Waals surface area contributed by atoms with Crippen molar-refractivity contribution in [3.63, 3.8) is 0 Å². The van der Waals surface area contributed by atoms with Crippen molar-refractivity contribution in [3.8, 4) is 0 Å². The van der Waals surface area contributed by atoms with Gasteiger partial charge in [0.05, 0.1) is 12.1 Å². The Kier molecular flexibility index (Phi) is 4.60. The molecule has 3 amide bonds. The van der Waals surface area contributed by atoms with Crippen molar-refractivity contribution in [1.82, 2.24) is 24.7 Å². The quantitative estimate of drug-likeness (QED) is 0.678. The van der Waals surface area contributed by atoms with Crippen molar-refractivity contribution in [2.75, 3.05) is 13.1 Å². The number of hydrogen-bond donors (Lipinski definition) is 1. The lowest BCUT2D eigenvalue weighted by Gasteiger charge is -2.45. The molecule has 0 bridgehead atoms. The molecule has 2 aliphatic carbocycles. The van der Waals surface area contributed by atoms with Crippen LogP contribution in [0.1, 0.15) is 53.2 Å². The Morgan fingerprint density at radius 3 is 2.47 bits per heavy atom. The summed E-state index contributed by atoms with van der Waals surface area (Å²) >= 11 is 6.25. The van der Waals surface area contributed by atoms with Crippen LogP contribution in [0.15, 0.2) is 12.3 Å². The van der Waals surface area contributed by atoms with Gasteiger partial charge in [0.25, 0.3) is 11.8 Å². The van der Waals surface area contributed by atoms with Crippen LogP contribution in [-0.2, 0) is 6.18 Å². The largest absolute Gasteiger partial charge is 0.419 e. The second kappa shape index (κ2) is 6.93. The highest BCUT2D eigenvalue weighted by molar-refractivity contribution is 6.33. The van der Waals surface area contributed by atoms with Gasteiger partial charge in [-0.15, -0.1) is 0 Å². The van der Waals surface area contributed by atoms with Crippen molar-refractivity contribution in [2.24, 2.45) is 0 Å². The minimum Gasteiger partial charge on any atom is -0.318 e. The van der Waals surface area contributed by atoms with Gasteiger partial charge in [0.15, 0.2) is 11.3 Å². The molecule has 0 radical (unpaired) electrons. The third-order valence-electron chi connectivity index (χ3n) is 6.05. The van der Waals surface area contributed by atoms with Gasteiger partial charge in [-0.25, -0.2) is 29.0 Å². The average molecular weight is 478 g/mol. The van der Waals surface area contributed by atoms with E-state index in [9.17, 15) is 31.5 Å². The first-order valence-corrected chi connectivity index (χ1v) is 10.4. The molecule has 3 fully saturated rings. The van der Waals surface area contributed by atoms with Crippen LogP contribution in [0.25, 0.3) is 5.65 Å². The molecule has 32 heavy (non-hydrogen) atoms. The minimum absolute atomic E-state index is 0.00292. The number of carbonyl (C=O) groups excluding carboxylic acids is 2. The SMILES string of the molecule is O=C(c1nc2c(C(F)(F)F)cc(C3CC3)cn2c1Cl)N1CCN(C2CC(F)(F)C2)C(=O)N1. The maximum Gasteiger partial charge on any atom is 0.419 e. The second-order valence-corrected chi connectivity index (χ2v) is 8.75. The molecule has 3 heterocycles. The molecule has 2 saturated carbocycles. The normalized spacial score (nSPS) is 21.6. The number of imidazole rings is 1. The van der Waals surface area contributed by atoms with Crippen molar-refractivity contribution >= 4 is 29.2 Å².